The lowest BCUT2D eigenvalue weighted by molar-refractivity contribution is -0.157. The van der Waals surface area contributed by atoms with Gasteiger partial charge in [-0.2, -0.15) is 0 Å². The topological polar surface area (TPSA) is 78.6 Å². The maximum atomic E-state index is 13.2. The Morgan fingerprint density at radius 2 is 2.00 bits per heavy atom. The van der Waals surface area contributed by atoms with Crippen molar-refractivity contribution in [3.8, 4) is 5.75 Å². The average molecular weight is 269 g/mol. The molecule has 5 nitrogen and oxygen atoms in total. The molecule has 19 heavy (non-hydrogen) atoms. The van der Waals surface area contributed by atoms with Gasteiger partial charge < -0.3 is 15.2 Å². The smallest absolute Gasteiger partial charge is 0.325 e. The van der Waals surface area contributed by atoms with Gasteiger partial charge in [-0.25, -0.2) is 4.39 Å². The van der Waals surface area contributed by atoms with Crippen LogP contribution in [-0.2, 0) is 14.3 Å². The Labute approximate surface area is 110 Å². The number of hydrogen-bond donors (Lipinski definition) is 1. The van der Waals surface area contributed by atoms with E-state index in [-0.39, 0.29) is 24.5 Å². The summed E-state index contributed by atoms with van der Waals surface area (Å²) in [6.07, 6.45) is 0.245. The van der Waals surface area contributed by atoms with E-state index in [1.165, 1.54) is 12.1 Å². The minimum Gasteiger partial charge on any atom is -0.465 e. The van der Waals surface area contributed by atoms with Crippen LogP contribution in [0.3, 0.4) is 0 Å². The molecular weight excluding hydrogens is 253 g/mol. The first-order valence-corrected chi connectivity index (χ1v) is 5.92. The molecule has 1 atom stereocenters. The summed E-state index contributed by atoms with van der Waals surface area (Å²) in [6, 6.07) is 3.63. The molecule has 1 aromatic carbocycles. The SMILES string of the molecule is CCOC(=O)C(CC)C(=O)Oc1ccc(N)c(F)c1. The van der Waals surface area contributed by atoms with Gasteiger partial charge in [0.05, 0.1) is 12.3 Å². The van der Waals surface area contributed by atoms with Gasteiger partial charge in [0.25, 0.3) is 0 Å². The van der Waals surface area contributed by atoms with Crippen LogP contribution in [0.1, 0.15) is 20.3 Å². The predicted molar refractivity (Wildman–Crippen MR) is 66.9 cm³/mol. The van der Waals surface area contributed by atoms with Gasteiger partial charge in [0.1, 0.15) is 11.6 Å². The monoisotopic (exact) mass is 269 g/mol. The van der Waals surface area contributed by atoms with Crippen LogP contribution in [0.5, 0.6) is 5.75 Å². The molecule has 1 rings (SSSR count). The van der Waals surface area contributed by atoms with Crippen molar-refractivity contribution in [1.29, 1.82) is 0 Å². The van der Waals surface area contributed by atoms with E-state index < -0.39 is 23.7 Å². The fourth-order valence-corrected chi connectivity index (χ4v) is 1.43. The fraction of sp³-hybridized carbons (Fsp3) is 0.385. The largest absolute Gasteiger partial charge is 0.465 e. The van der Waals surface area contributed by atoms with Gasteiger partial charge in [0.15, 0.2) is 5.92 Å². The fourth-order valence-electron chi connectivity index (χ4n) is 1.43. The second-order valence-corrected chi connectivity index (χ2v) is 3.82. The van der Waals surface area contributed by atoms with Crippen LogP contribution < -0.4 is 10.5 Å². The van der Waals surface area contributed by atoms with Crippen LogP contribution in [0.2, 0.25) is 0 Å². The number of esters is 2. The number of rotatable bonds is 5. The third kappa shape index (κ3) is 3.94. The zero-order valence-corrected chi connectivity index (χ0v) is 10.8. The summed E-state index contributed by atoms with van der Waals surface area (Å²) in [5, 5.41) is 0. The number of anilines is 1. The molecule has 0 amide bonds. The Morgan fingerprint density at radius 1 is 1.32 bits per heavy atom. The van der Waals surface area contributed by atoms with E-state index in [1.807, 2.05) is 0 Å². The maximum Gasteiger partial charge on any atom is 0.325 e. The first-order chi connectivity index (χ1) is 8.99. The van der Waals surface area contributed by atoms with Crippen LogP contribution in [0.25, 0.3) is 0 Å². The molecule has 0 fully saturated rings. The normalized spacial score (nSPS) is 11.7. The van der Waals surface area contributed by atoms with Crippen LogP contribution in [0, 0.1) is 11.7 Å². The Balaban J connectivity index is 2.76. The molecule has 0 aliphatic carbocycles. The number of halogens is 1. The number of nitrogen functional groups attached to an aromatic ring is 1. The summed E-state index contributed by atoms with van der Waals surface area (Å²) in [5.41, 5.74) is 5.26. The van der Waals surface area contributed by atoms with Gasteiger partial charge in [0.2, 0.25) is 0 Å². The molecule has 104 valence electrons. The molecule has 0 bridgehead atoms. The van der Waals surface area contributed by atoms with E-state index in [2.05, 4.69) is 0 Å². The Morgan fingerprint density at radius 3 is 2.53 bits per heavy atom. The third-order valence-electron chi connectivity index (χ3n) is 2.45. The zero-order chi connectivity index (χ0) is 14.4. The van der Waals surface area contributed by atoms with Crippen molar-refractivity contribution in [3.05, 3.63) is 24.0 Å². The van der Waals surface area contributed by atoms with Crippen LogP contribution in [0.15, 0.2) is 18.2 Å². The van der Waals surface area contributed by atoms with Crippen molar-refractivity contribution >= 4 is 17.6 Å². The number of carbonyl (C=O) groups excluding carboxylic acids is 2. The average Bonchev–Trinajstić information content (AvgIpc) is 2.35. The molecule has 0 spiro atoms. The Hall–Kier alpha value is -2.11. The van der Waals surface area contributed by atoms with E-state index in [0.29, 0.717) is 0 Å². The van der Waals surface area contributed by atoms with Gasteiger partial charge in [-0.15, -0.1) is 0 Å². The summed E-state index contributed by atoms with van der Waals surface area (Å²) in [6.45, 7) is 3.48. The third-order valence-corrected chi connectivity index (χ3v) is 2.45. The van der Waals surface area contributed by atoms with Crippen molar-refractivity contribution in [1.82, 2.24) is 0 Å². The number of hydrogen-bond acceptors (Lipinski definition) is 5. The lowest BCUT2D eigenvalue weighted by atomic mass is 10.1. The zero-order valence-electron chi connectivity index (χ0n) is 10.8. The highest BCUT2D eigenvalue weighted by Crippen LogP contribution is 2.20. The number of nitrogens with two attached hydrogens (primary N) is 1. The molecule has 1 unspecified atom stereocenters. The molecule has 0 radical (unpaired) electrons. The molecule has 6 heteroatoms. The van der Waals surface area contributed by atoms with Crippen molar-refractivity contribution in [2.75, 3.05) is 12.3 Å². The van der Waals surface area contributed by atoms with E-state index in [4.69, 9.17) is 15.2 Å². The lowest BCUT2D eigenvalue weighted by Gasteiger charge is -2.12. The number of ether oxygens (including phenoxy) is 2. The predicted octanol–water partition coefficient (Wildman–Crippen LogP) is 1.90. The minimum atomic E-state index is -1.01. The maximum absolute atomic E-state index is 13.2. The summed E-state index contributed by atoms with van der Waals surface area (Å²) < 4.78 is 22.9. The quantitative estimate of drug-likeness (QED) is 0.382. The van der Waals surface area contributed by atoms with Gasteiger partial charge in [0, 0.05) is 6.07 Å². The van der Waals surface area contributed by atoms with Crippen LogP contribution in [0.4, 0.5) is 10.1 Å². The van der Waals surface area contributed by atoms with E-state index in [1.54, 1.807) is 13.8 Å². The molecule has 0 heterocycles. The van der Waals surface area contributed by atoms with E-state index >= 15 is 0 Å². The van der Waals surface area contributed by atoms with Gasteiger partial charge in [-0.05, 0) is 25.5 Å². The summed E-state index contributed by atoms with van der Waals surface area (Å²) in [7, 11) is 0. The minimum absolute atomic E-state index is 0.000511. The van der Waals surface area contributed by atoms with E-state index in [9.17, 15) is 14.0 Å². The molecule has 1 aromatic rings. The highest BCUT2D eigenvalue weighted by Gasteiger charge is 2.28. The summed E-state index contributed by atoms with van der Waals surface area (Å²) >= 11 is 0. The molecule has 0 aliphatic rings. The first-order valence-electron chi connectivity index (χ1n) is 5.92. The summed E-state index contributed by atoms with van der Waals surface area (Å²) in [5.74, 6) is -3.12. The van der Waals surface area contributed by atoms with Gasteiger partial charge in [-0.1, -0.05) is 6.92 Å². The number of benzene rings is 1. The van der Waals surface area contributed by atoms with Gasteiger partial charge in [-0.3, -0.25) is 9.59 Å². The molecule has 0 aromatic heterocycles. The highest BCUT2D eigenvalue weighted by molar-refractivity contribution is 5.95. The van der Waals surface area contributed by atoms with Crippen molar-refractivity contribution in [3.63, 3.8) is 0 Å². The number of carbonyl (C=O) groups is 2. The Bertz CT molecular complexity index is 476. The van der Waals surface area contributed by atoms with Crippen molar-refractivity contribution in [2.24, 2.45) is 5.92 Å². The molecule has 0 aliphatic heterocycles. The molecule has 2 N–H and O–H groups in total. The van der Waals surface area contributed by atoms with Crippen LogP contribution >= 0.6 is 0 Å². The first kappa shape index (κ1) is 14.9. The van der Waals surface area contributed by atoms with Gasteiger partial charge >= 0.3 is 11.9 Å². The van der Waals surface area contributed by atoms with E-state index in [0.717, 1.165) is 6.07 Å². The Kier molecular flexibility index (Phi) is 5.29. The van der Waals surface area contributed by atoms with Crippen molar-refractivity contribution < 1.29 is 23.5 Å². The van der Waals surface area contributed by atoms with Crippen molar-refractivity contribution in [2.45, 2.75) is 20.3 Å². The van der Waals surface area contributed by atoms with Crippen LogP contribution in [-0.4, -0.2) is 18.5 Å². The lowest BCUT2D eigenvalue weighted by Crippen LogP contribution is -2.29. The highest BCUT2D eigenvalue weighted by atomic mass is 19.1. The second kappa shape index (κ2) is 6.72. The summed E-state index contributed by atoms with van der Waals surface area (Å²) in [4.78, 5) is 23.3. The standard InChI is InChI=1S/C13H16FNO4/c1-3-9(12(16)18-4-2)13(17)19-8-5-6-11(15)10(14)7-8/h5-7,9H,3-4,15H2,1-2H3. The molecule has 0 saturated carbocycles. The molecular formula is C13H16FNO4. The molecule has 0 saturated heterocycles. The second-order valence-electron chi connectivity index (χ2n) is 3.82.